The fraction of sp³-hybridized carbons (Fsp3) is 0.435. The average molecular weight is 338 g/mol. The van der Waals surface area contributed by atoms with Gasteiger partial charge in [0.1, 0.15) is 6.10 Å². The average Bonchev–Trinajstić information content (AvgIpc) is 2.61. The summed E-state index contributed by atoms with van der Waals surface area (Å²) in [6.07, 6.45) is 3.37. The van der Waals surface area contributed by atoms with E-state index in [0.717, 1.165) is 19.3 Å². The molecule has 1 atom stereocenters. The van der Waals surface area contributed by atoms with Crippen molar-refractivity contribution in [3.63, 3.8) is 0 Å². The van der Waals surface area contributed by atoms with Crippen molar-refractivity contribution in [3.8, 4) is 0 Å². The molecule has 25 heavy (non-hydrogen) atoms. The monoisotopic (exact) mass is 338 g/mol. The van der Waals surface area contributed by atoms with Crippen molar-refractivity contribution in [2.45, 2.75) is 58.5 Å². The summed E-state index contributed by atoms with van der Waals surface area (Å²) in [6, 6.07) is 20.8. The van der Waals surface area contributed by atoms with E-state index in [2.05, 4.69) is 55.5 Å². The molecule has 0 N–H and O–H groups in total. The molecule has 0 amide bonds. The third kappa shape index (κ3) is 6.04. The van der Waals surface area contributed by atoms with E-state index in [1.807, 2.05) is 26.0 Å². The number of benzene rings is 2. The van der Waals surface area contributed by atoms with E-state index in [9.17, 15) is 4.79 Å². The minimum absolute atomic E-state index is 0.0741. The van der Waals surface area contributed by atoms with Crippen molar-refractivity contribution in [2.24, 2.45) is 5.92 Å². The van der Waals surface area contributed by atoms with Crippen LogP contribution in [0.25, 0.3) is 0 Å². The van der Waals surface area contributed by atoms with E-state index in [1.54, 1.807) is 0 Å². The molecular formula is C23H30O2. The van der Waals surface area contributed by atoms with Crippen LogP contribution in [0.4, 0.5) is 0 Å². The zero-order chi connectivity index (χ0) is 18.1. The fourth-order valence-corrected chi connectivity index (χ4v) is 3.19. The molecule has 2 aromatic rings. The minimum Gasteiger partial charge on any atom is -0.461 e. The van der Waals surface area contributed by atoms with Gasteiger partial charge in [0, 0.05) is 12.3 Å². The summed E-state index contributed by atoms with van der Waals surface area (Å²) in [4.78, 5) is 12.4. The van der Waals surface area contributed by atoms with Crippen LogP contribution in [0, 0.1) is 5.92 Å². The van der Waals surface area contributed by atoms with E-state index < -0.39 is 0 Å². The number of rotatable bonds is 9. The van der Waals surface area contributed by atoms with Crippen molar-refractivity contribution < 1.29 is 9.53 Å². The standard InChI is InChI=1S/C23H30O2/c1-4-5-16-21(25-22(24)17-18(2)3)23(19-12-8-6-9-13-19)20-14-10-7-11-15-20/h6-15,18,21,23H,4-5,16-17H2,1-3H3. The Balaban J connectivity index is 2.33. The van der Waals surface area contributed by atoms with E-state index in [0.29, 0.717) is 12.3 Å². The maximum atomic E-state index is 12.4. The molecule has 0 heterocycles. The predicted octanol–water partition coefficient (Wildman–Crippen LogP) is 5.97. The van der Waals surface area contributed by atoms with Crippen LogP contribution in [0.1, 0.15) is 63.5 Å². The van der Waals surface area contributed by atoms with Crippen LogP contribution in [-0.4, -0.2) is 12.1 Å². The van der Waals surface area contributed by atoms with Gasteiger partial charge in [0.05, 0.1) is 0 Å². The van der Waals surface area contributed by atoms with E-state index >= 15 is 0 Å². The number of ether oxygens (including phenoxy) is 1. The first-order chi connectivity index (χ1) is 12.1. The quantitative estimate of drug-likeness (QED) is 0.527. The van der Waals surface area contributed by atoms with Crippen molar-refractivity contribution in [1.82, 2.24) is 0 Å². The highest BCUT2D eigenvalue weighted by Gasteiger charge is 2.28. The van der Waals surface area contributed by atoms with Crippen LogP contribution in [0.15, 0.2) is 60.7 Å². The van der Waals surface area contributed by atoms with Crippen LogP contribution in [-0.2, 0) is 9.53 Å². The minimum atomic E-state index is -0.129. The van der Waals surface area contributed by atoms with Crippen molar-refractivity contribution >= 4 is 5.97 Å². The Bertz CT molecular complexity index is 580. The van der Waals surface area contributed by atoms with Gasteiger partial charge < -0.3 is 4.74 Å². The zero-order valence-electron chi connectivity index (χ0n) is 15.7. The summed E-state index contributed by atoms with van der Waals surface area (Å²) in [6.45, 7) is 6.27. The molecule has 2 rings (SSSR count). The summed E-state index contributed by atoms with van der Waals surface area (Å²) in [5.41, 5.74) is 2.40. The Labute approximate surface area is 152 Å². The van der Waals surface area contributed by atoms with Gasteiger partial charge in [-0.1, -0.05) is 94.3 Å². The number of hydrogen-bond donors (Lipinski definition) is 0. The van der Waals surface area contributed by atoms with Gasteiger partial charge in [0.25, 0.3) is 0 Å². The summed E-state index contributed by atoms with van der Waals surface area (Å²) in [5.74, 6) is 0.296. The third-order valence-corrected chi connectivity index (χ3v) is 4.39. The number of hydrogen-bond acceptors (Lipinski definition) is 2. The van der Waals surface area contributed by atoms with Crippen LogP contribution in [0.3, 0.4) is 0 Å². The highest BCUT2D eigenvalue weighted by molar-refractivity contribution is 5.70. The molecule has 0 aliphatic heterocycles. The summed E-state index contributed by atoms with van der Waals surface area (Å²) in [7, 11) is 0. The molecule has 2 aromatic carbocycles. The SMILES string of the molecule is CCCCC(OC(=O)CC(C)C)C(c1ccccc1)c1ccccc1. The molecule has 1 unspecified atom stereocenters. The largest absolute Gasteiger partial charge is 0.461 e. The molecular weight excluding hydrogens is 308 g/mol. The Morgan fingerprint density at radius 3 is 1.88 bits per heavy atom. The summed E-state index contributed by atoms with van der Waals surface area (Å²) < 4.78 is 6.00. The zero-order valence-corrected chi connectivity index (χ0v) is 15.7. The molecule has 0 aliphatic rings. The van der Waals surface area contributed by atoms with Gasteiger partial charge in [-0.25, -0.2) is 0 Å². The predicted molar refractivity (Wildman–Crippen MR) is 104 cm³/mol. The lowest BCUT2D eigenvalue weighted by atomic mass is 9.84. The second kappa shape index (κ2) is 10.0. The van der Waals surface area contributed by atoms with E-state index in [1.165, 1.54) is 11.1 Å². The van der Waals surface area contributed by atoms with Crippen molar-refractivity contribution in [2.75, 3.05) is 0 Å². The molecule has 0 fully saturated rings. The first kappa shape index (κ1) is 19.2. The van der Waals surface area contributed by atoms with E-state index in [4.69, 9.17) is 4.74 Å². The first-order valence-corrected chi connectivity index (χ1v) is 9.41. The summed E-state index contributed by atoms with van der Waals surface area (Å²) in [5, 5.41) is 0. The Kier molecular flexibility index (Phi) is 7.72. The highest BCUT2D eigenvalue weighted by Crippen LogP contribution is 2.32. The third-order valence-electron chi connectivity index (χ3n) is 4.39. The fourth-order valence-electron chi connectivity index (χ4n) is 3.19. The molecule has 0 saturated heterocycles. The second-order valence-electron chi connectivity index (χ2n) is 7.07. The number of carbonyl (C=O) groups is 1. The van der Waals surface area contributed by atoms with E-state index in [-0.39, 0.29) is 18.0 Å². The van der Waals surface area contributed by atoms with Gasteiger partial charge in [-0.3, -0.25) is 4.79 Å². The first-order valence-electron chi connectivity index (χ1n) is 9.41. The topological polar surface area (TPSA) is 26.3 Å². The Morgan fingerprint density at radius 2 is 1.44 bits per heavy atom. The smallest absolute Gasteiger partial charge is 0.306 e. The van der Waals surface area contributed by atoms with Gasteiger partial charge in [-0.15, -0.1) is 0 Å². The molecule has 0 aromatic heterocycles. The molecule has 2 nitrogen and oxygen atoms in total. The Hall–Kier alpha value is -2.09. The molecule has 0 aliphatic carbocycles. The molecule has 0 radical (unpaired) electrons. The van der Waals surface area contributed by atoms with Crippen LogP contribution in [0.2, 0.25) is 0 Å². The van der Waals surface area contributed by atoms with Crippen LogP contribution >= 0.6 is 0 Å². The number of carbonyl (C=O) groups excluding carboxylic acids is 1. The summed E-state index contributed by atoms with van der Waals surface area (Å²) >= 11 is 0. The van der Waals surface area contributed by atoms with Gasteiger partial charge in [-0.2, -0.15) is 0 Å². The molecule has 2 heteroatoms. The van der Waals surface area contributed by atoms with Gasteiger partial charge in [0.15, 0.2) is 0 Å². The van der Waals surface area contributed by atoms with Crippen LogP contribution in [0.5, 0.6) is 0 Å². The molecule has 134 valence electrons. The van der Waals surface area contributed by atoms with Gasteiger partial charge in [0.2, 0.25) is 0 Å². The lowest BCUT2D eigenvalue weighted by Crippen LogP contribution is -2.27. The molecule has 0 saturated carbocycles. The highest BCUT2D eigenvalue weighted by atomic mass is 16.5. The molecule has 0 bridgehead atoms. The van der Waals surface area contributed by atoms with Crippen LogP contribution < -0.4 is 0 Å². The lowest BCUT2D eigenvalue weighted by Gasteiger charge is -2.28. The van der Waals surface area contributed by atoms with Gasteiger partial charge >= 0.3 is 5.97 Å². The number of unbranched alkanes of at least 4 members (excludes halogenated alkanes) is 1. The maximum Gasteiger partial charge on any atom is 0.306 e. The lowest BCUT2D eigenvalue weighted by molar-refractivity contribution is -0.151. The second-order valence-corrected chi connectivity index (χ2v) is 7.07. The maximum absolute atomic E-state index is 12.4. The Morgan fingerprint density at radius 1 is 0.920 bits per heavy atom. The van der Waals surface area contributed by atoms with Crippen molar-refractivity contribution in [1.29, 1.82) is 0 Å². The van der Waals surface area contributed by atoms with Gasteiger partial charge in [-0.05, 0) is 23.5 Å². The normalized spacial score (nSPS) is 12.4. The molecule has 0 spiro atoms. The number of esters is 1. The van der Waals surface area contributed by atoms with Crippen molar-refractivity contribution in [3.05, 3.63) is 71.8 Å².